The minimum atomic E-state index is -0.746. The fourth-order valence-electron chi connectivity index (χ4n) is 1.47. The molecular formula is C12H22O3. The topological polar surface area (TPSA) is 54.4 Å². The molecule has 0 saturated carbocycles. The van der Waals surface area contributed by atoms with Crippen LogP contribution < -0.4 is 0 Å². The lowest BCUT2D eigenvalue weighted by Gasteiger charge is -2.00. The average Bonchev–Trinajstić information content (AvgIpc) is 2.17. The fourth-order valence-corrected chi connectivity index (χ4v) is 1.47. The largest absolute Gasteiger partial charge is 0.481 e. The van der Waals surface area contributed by atoms with Crippen molar-refractivity contribution in [3.63, 3.8) is 0 Å². The van der Waals surface area contributed by atoms with Gasteiger partial charge < -0.3 is 5.11 Å². The number of hydrogen-bond donors (Lipinski definition) is 1. The van der Waals surface area contributed by atoms with Gasteiger partial charge in [-0.05, 0) is 19.3 Å². The van der Waals surface area contributed by atoms with Crippen LogP contribution >= 0.6 is 0 Å². The molecule has 0 spiro atoms. The van der Waals surface area contributed by atoms with Gasteiger partial charge in [0.2, 0.25) is 0 Å². The molecule has 3 heteroatoms. The standard InChI is InChI=1S/C12H22O3/c1-2-3-5-8-11(13)9-6-4-7-10-12(14)15/h2-10H2,1H3,(H,14,15). The molecule has 0 unspecified atom stereocenters. The first kappa shape index (κ1) is 14.1. The molecule has 0 aliphatic heterocycles. The lowest BCUT2D eigenvalue weighted by Crippen LogP contribution is -1.98. The Bertz CT molecular complexity index is 187. The van der Waals surface area contributed by atoms with E-state index in [1.807, 2.05) is 0 Å². The molecule has 1 N–H and O–H groups in total. The number of aliphatic carboxylic acids is 1. The molecule has 0 fully saturated rings. The van der Waals surface area contributed by atoms with E-state index in [2.05, 4.69) is 6.92 Å². The number of rotatable bonds is 10. The van der Waals surface area contributed by atoms with Crippen molar-refractivity contribution in [2.45, 2.75) is 64.7 Å². The average molecular weight is 214 g/mol. The zero-order chi connectivity index (χ0) is 11.5. The summed E-state index contributed by atoms with van der Waals surface area (Å²) in [6.45, 7) is 2.12. The van der Waals surface area contributed by atoms with E-state index in [4.69, 9.17) is 5.11 Å². The molecule has 0 aliphatic carbocycles. The van der Waals surface area contributed by atoms with Crippen molar-refractivity contribution in [3.05, 3.63) is 0 Å². The van der Waals surface area contributed by atoms with E-state index in [9.17, 15) is 9.59 Å². The smallest absolute Gasteiger partial charge is 0.303 e. The molecule has 0 aromatic heterocycles. The summed E-state index contributed by atoms with van der Waals surface area (Å²) in [5.74, 6) is -0.414. The van der Waals surface area contributed by atoms with Crippen molar-refractivity contribution in [1.29, 1.82) is 0 Å². The molecular weight excluding hydrogens is 192 g/mol. The Balaban J connectivity index is 3.20. The van der Waals surface area contributed by atoms with Gasteiger partial charge in [-0.2, -0.15) is 0 Å². The van der Waals surface area contributed by atoms with Gasteiger partial charge in [0, 0.05) is 19.3 Å². The first-order valence-corrected chi connectivity index (χ1v) is 5.90. The number of hydrogen-bond acceptors (Lipinski definition) is 2. The summed E-state index contributed by atoms with van der Waals surface area (Å²) in [6, 6.07) is 0. The SMILES string of the molecule is CCCCCC(=O)CCCCCC(=O)O. The van der Waals surface area contributed by atoms with Gasteiger partial charge in [-0.25, -0.2) is 0 Å². The van der Waals surface area contributed by atoms with Crippen LogP contribution in [0.1, 0.15) is 64.7 Å². The highest BCUT2D eigenvalue weighted by Gasteiger charge is 2.02. The van der Waals surface area contributed by atoms with Crippen LogP contribution in [0, 0.1) is 0 Å². The lowest BCUT2D eigenvalue weighted by atomic mass is 10.1. The third-order valence-electron chi connectivity index (χ3n) is 2.41. The van der Waals surface area contributed by atoms with E-state index >= 15 is 0 Å². The second kappa shape index (κ2) is 9.69. The number of unbranched alkanes of at least 4 members (excludes halogenated alkanes) is 4. The van der Waals surface area contributed by atoms with Crippen LogP contribution in [0.2, 0.25) is 0 Å². The quantitative estimate of drug-likeness (QED) is 0.568. The van der Waals surface area contributed by atoms with Gasteiger partial charge in [0.15, 0.2) is 0 Å². The van der Waals surface area contributed by atoms with Crippen molar-refractivity contribution in [1.82, 2.24) is 0 Å². The number of carbonyl (C=O) groups excluding carboxylic acids is 1. The van der Waals surface area contributed by atoms with Gasteiger partial charge in [-0.3, -0.25) is 9.59 Å². The molecule has 0 amide bonds. The summed E-state index contributed by atoms with van der Waals surface area (Å²) in [5, 5.41) is 8.40. The molecule has 0 bridgehead atoms. The third kappa shape index (κ3) is 11.1. The second-order valence-corrected chi connectivity index (χ2v) is 3.95. The van der Waals surface area contributed by atoms with Gasteiger partial charge in [-0.1, -0.05) is 26.2 Å². The Morgan fingerprint density at radius 2 is 1.40 bits per heavy atom. The van der Waals surface area contributed by atoms with Crippen LogP contribution in [0.3, 0.4) is 0 Å². The van der Waals surface area contributed by atoms with Crippen LogP contribution in [-0.2, 0) is 9.59 Å². The summed E-state index contributed by atoms with van der Waals surface area (Å²) in [5.41, 5.74) is 0. The number of carbonyl (C=O) groups is 2. The molecule has 0 radical (unpaired) electrons. The Kier molecular flexibility index (Phi) is 9.13. The lowest BCUT2D eigenvalue weighted by molar-refractivity contribution is -0.137. The molecule has 0 saturated heterocycles. The molecule has 0 atom stereocenters. The van der Waals surface area contributed by atoms with Crippen molar-refractivity contribution >= 4 is 11.8 Å². The first-order valence-electron chi connectivity index (χ1n) is 5.90. The predicted octanol–water partition coefficient (Wildman–Crippen LogP) is 3.17. The number of carboxylic acids is 1. The van der Waals surface area contributed by atoms with Crippen molar-refractivity contribution in [2.75, 3.05) is 0 Å². The third-order valence-corrected chi connectivity index (χ3v) is 2.41. The highest BCUT2D eigenvalue weighted by atomic mass is 16.4. The fraction of sp³-hybridized carbons (Fsp3) is 0.833. The summed E-state index contributed by atoms with van der Waals surface area (Å²) in [6.07, 6.45) is 7.23. The van der Waals surface area contributed by atoms with Crippen LogP contribution in [0.25, 0.3) is 0 Å². The van der Waals surface area contributed by atoms with E-state index in [0.29, 0.717) is 25.0 Å². The van der Waals surface area contributed by atoms with E-state index in [0.717, 1.165) is 32.1 Å². The molecule has 0 aromatic carbocycles. The second-order valence-electron chi connectivity index (χ2n) is 3.95. The Morgan fingerprint density at radius 1 is 0.867 bits per heavy atom. The maximum absolute atomic E-state index is 11.3. The Morgan fingerprint density at radius 3 is 1.93 bits per heavy atom. The number of ketones is 1. The highest BCUT2D eigenvalue weighted by Crippen LogP contribution is 2.07. The molecule has 0 rings (SSSR count). The molecule has 0 heterocycles. The van der Waals surface area contributed by atoms with E-state index in [-0.39, 0.29) is 6.42 Å². The normalized spacial score (nSPS) is 10.2. The first-order chi connectivity index (χ1) is 7.16. The number of carboxylic acid groups (broad SMARTS) is 1. The minimum Gasteiger partial charge on any atom is -0.481 e. The number of Topliss-reactive ketones (excluding diaryl/α,β-unsaturated/α-hetero) is 1. The van der Waals surface area contributed by atoms with Gasteiger partial charge in [0.25, 0.3) is 0 Å². The van der Waals surface area contributed by atoms with Gasteiger partial charge in [-0.15, -0.1) is 0 Å². The molecule has 3 nitrogen and oxygen atoms in total. The minimum absolute atomic E-state index is 0.226. The molecule has 0 aromatic rings. The summed E-state index contributed by atoms with van der Waals surface area (Å²) < 4.78 is 0. The van der Waals surface area contributed by atoms with E-state index < -0.39 is 5.97 Å². The summed E-state index contributed by atoms with van der Waals surface area (Å²) in [4.78, 5) is 21.5. The maximum atomic E-state index is 11.3. The van der Waals surface area contributed by atoms with Crippen LogP contribution in [0.4, 0.5) is 0 Å². The Labute approximate surface area is 91.9 Å². The summed E-state index contributed by atoms with van der Waals surface area (Å²) in [7, 11) is 0. The van der Waals surface area contributed by atoms with Gasteiger partial charge in [0.1, 0.15) is 5.78 Å². The van der Waals surface area contributed by atoms with Crippen molar-refractivity contribution < 1.29 is 14.7 Å². The summed E-state index contributed by atoms with van der Waals surface area (Å²) >= 11 is 0. The van der Waals surface area contributed by atoms with Crippen molar-refractivity contribution in [3.8, 4) is 0 Å². The van der Waals surface area contributed by atoms with E-state index in [1.54, 1.807) is 0 Å². The van der Waals surface area contributed by atoms with Gasteiger partial charge >= 0.3 is 5.97 Å². The van der Waals surface area contributed by atoms with Crippen LogP contribution in [0.15, 0.2) is 0 Å². The highest BCUT2D eigenvalue weighted by molar-refractivity contribution is 5.78. The zero-order valence-corrected chi connectivity index (χ0v) is 9.63. The van der Waals surface area contributed by atoms with E-state index in [1.165, 1.54) is 0 Å². The van der Waals surface area contributed by atoms with Crippen LogP contribution in [-0.4, -0.2) is 16.9 Å². The molecule has 15 heavy (non-hydrogen) atoms. The maximum Gasteiger partial charge on any atom is 0.303 e. The molecule has 88 valence electrons. The molecule has 0 aliphatic rings. The Hall–Kier alpha value is -0.860. The van der Waals surface area contributed by atoms with Gasteiger partial charge in [0.05, 0.1) is 0 Å². The van der Waals surface area contributed by atoms with Crippen molar-refractivity contribution in [2.24, 2.45) is 0 Å². The predicted molar refractivity (Wildman–Crippen MR) is 59.9 cm³/mol. The monoisotopic (exact) mass is 214 g/mol. The van der Waals surface area contributed by atoms with Crippen LogP contribution in [0.5, 0.6) is 0 Å². The zero-order valence-electron chi connectivity index (χ0n) is 9.63.